The minimum Gasteiger partial charge on any atom is -0.399 e. The van der Waals surface area contributed by atoms with Gasteiger partial charge in [0.25, 0.3) is 0 Å². The van der Waals surface area contributed by atoms with E-state index < -0.39 is 5.41 Å². The van der Waals surface area contributed by atoms with Crippen molar-refractivity contribution in [2.75, 3.05) is 5.73 Å². The summed E-state index contributed by atoms with van der Waals surface area (Å²) < 4.78 is 0. The van der Waals surface area contributed by atoms with Gasteiger partial charge >= 0.3 is 0 Å². The van der Waals surface area contributed by atoms with Gasteiger partial charge in [-0.2, -0.15) is 0 Å². The summed E-state index contributed by atoms with van der Waals surface area (Å²) in [5.41, 5.74) is 6.75. The Morgan fingerprint density at radius 1 is 1.44 bits per heavy atom. The number of amides is 1. The fourth-order valence-electron chi connectivity index (χ4n) is 1.74. The predicted molar refractivity (Wildman–Crippen MR) is 76.3 cm³/mol. The number of hydrogen-bond donors (Lipinski definition) is 2. The second-order valence-electron chi connectivity index (χ2n) is 5.15. The summed E-state index contributed by atoms with van der Waals surface area (Å²) in [5, 5.41) is 2.99. The third-order valence-corrected chi connectivity index (χ3v) is 3.10. The maximum absolute atomic E-state index is 12.3. The van der Waals surface area contributed by atoms with Crippen molar-refractivity contribution < 1.29 is 4.79 Å². The highest BCUT2D eigenvalue weighted by atomic mass is 16.2. The number of nitrogen functional groups attached to an aromatic ring is 1. The molecule has 98 valence electrons. The monoisotopic (exact) mass is 246 g/mol. The Morgan fingerprint density at radius 3 is 2.50 bits per heavy atom. The van der Waals surface area contributed by atoms with Crippen molar-refractivity contribution in [2.24, 2.45) is 0 Å². The van der Waals surface area contributed by atoms with Crippen LogP contribution in [0.4, 0.5) is 5.69 Å². The van der Waals surface area contributed by atoms with E-state index in [1.807, 2.05) is 45.0 Å². The molecule has 0 aromatic heterocycles. The highest BCUT2D eigenvalue weighted by Gasteiger charge is 2.30. The molecule has 18 heavy (non-hydrogen) atoms. The van der Waals surface area contributed by atoms with Crippen LogP contribution in [0.2, 0.25) is 0 Å². The average Bonchev–Trinajstić information content (AvgIpc) is 2.29. The van der Waals surface area contributed by atoms with Crippen LogP contribution in [0.25, 0.3) is 0 Å². The molecule has 3 heteroatoms. The molecule has 0 aliphatic heterocycles. The van der Waals surface area contributed by atoms with Crippen molar-refractivity contribution in [1.29, 1.82) is 0 Å². The van der Waals surface area contributed by atoms with Gasteiger partial charge in [0, 0.05) is 11.7 Å². The van der Waals surface area contributed by atoms with Crippen molar-refractivity contribution in [2.45, 2.75) is 38.6 Å². The van der Waals surface area contributed by atoms with Crippen LogP contribution in [-0.4, -0.2) is 11.9 Å². The summed E-state index contributed by atoms with van der Waals surface area (Å²) in [5.74, 6) is 0.0154. The van der Waals surface area contributed by atoms with E-state index in [4.69, 9.17) is 5.73 Å². The average molecular weight is 246 g/mol. The summed E-state index contributed by atoms with van der Waals surface area (Å²) >= 11 is 0. The summed E-state index contributed by atoms with van der Waals surface area (Å²) in [6, 6.07) is 7.53. The Balaban J connectivity index is 2.82. The van der Waals surface area contributed by atoms with Crippen LogP contribution in [-0.2, 0) is 10.2 Å². The van der Waals surface area contributed by atoms with E-state index in [0.717, 1.165) is 12.0 Å². The van der Waals surface area contributed by atoms with Gasteiger partial charge in [-0.3, -0.25) is 4.79 Å². The zero-order valence-electron chi connectivity index (χ0n) is 11.4. The Bertz CT molecular complexity index is 421. The van der Waals surface area contributed by atoms with E-state index in [0.29, 0.717) is 5.69 Å². The number of nitrogens with two attached hydrogens (primary N) is 1. The number of anilines is 1. The van der Waals surface area contributed by atoms with Crippen LogP contribution in [0.5, 0.6) is 0 Å². The van der Waals surface area contributed by atoms with E-state index in [9.17, 15) is 4.79 Å². The molecule has 0 bridgehead atoms. The topological polar surface area (TPSA) is 55.1 Å². The molecule has 0 saturated heterocycles. The fourth-order valence-corrected chi connectivity index (χ4v) is 1.74. The van der Waals surface area contributed by atoms with Crippen LogP contribution in [0, 0.1) is 0 Å². The molecule has 1 amide bonds. The van der Waals surface area contributed by atoms with E-state index in [1.54, 1.807) is 6.08 Å². The number of benzene rings is 1. The minimum absolute atomic E-state index is 0.0154. The molecule has 0 spiro atoms. The summed E-state index contributed by atoms with van der Waals surface area (Å²) in [6.45, 7) is 9.47. The maximum atomic E-state index is 12.3. The molecule has 1 aromatic rings. The number of nitrogens with one attached hydrogen (secondary N) is 1. The lowest BCUT2D eigenvalue weighted by molar-refractivity contribution is -0.126. The van der Waals surface area contributed by atoms with Gasteiger partial charge in [0.05, 0.1) is 5.41 Å². The van der Waals surface area contributed by atoms with Crippen LogP contribution in [0.15, 0.2) is 36.9 Å². The minimum atomic E-state index is -0.566. The first-order valence-corrected chi connectivity index (χ1v) is 6.15. The van der Waals surface area contributed by atoms with Gasteiger partial charge in [0.1, 0.15) is 0 Å². The Labute approximate surface area is 109 Å². The lowest BCUT2D eigenvalue weighted by Gasteiger charge is -2.26. The maximum Gasteiger partial charge on any atom is 0.230 e. The molecule has 0 fully saturated rings. The SMILES string of the molecule is C=CCC(C)NC(=O)C(C)(C)c1ccc(N)cc1. The first-order chi connectivity index (χ1) is 8.37. The molecular weight excluding hydrogens is 224 g/mol. The molecule has 3 N–H and O–H groups in total. The Hall–Kier alpha value is -1.77. The molecule has 0 heterocycles. The van der Waals surface area contributed by atoms with Gasteiger partial charge in [-0.15, -0.1) is 6.58 Å². The molecular formula is C15H22N2O. The molecule has 1 unspecified atom stereocenters. The highest BCUT2D eigenvalue weighted by Crippen LogP contribution is 2.24. The van der Waals surface area contributed by atoms with Crippen molar-refractivity contribution in [3.8, 4) is 0 Å². The third kappa shape index (κ3) is 3.36. The van der Waals surface area contributed by atoms with Gasteiger partial charge in [-0.25, -0.2) is 0 Å². The standard InChI is InChI=1S/C15H22N2O/c1-5-6-11(2)17-14(18)15(3,4)12-7-9-13(16)10-8-12/h5,7-11H,1,6,16H2,2-4H3,(H,17,18). The normalized spacial score (nSPS) is 12.8. The number of carbonyl (C=O) groups excluding carboxylic acids is 1. The van der Waals surface area contributed by atoms with Crippen molar-refractivity contribution in [3.63, 3.8) is 0 Å². The summed E-state index contributed by atoms with van der Waals surface area (Å²) in [6.07, 6.45) is 2.57. The molecule has 1 atom stereocenters. The second kappa shape index (κ2) is 5.71. The number of carbonyl (C=O) groups is 1. The van der Waals surface area contributed by atoms with E-state index >= 15 is 0 Å². The highest BCUT2D eigenvalue weighted by molar-refractivity contribution is 5.87. The van der Waals surface area contributed by atoms with Crippen molar-refractivity contribution in [3.05, 3.63) is 42.5 Å². The molecule has 1 aromatic carbocycles. The first-order valence-electron chi connectivity index (χ1n) is 6.15. The molecule has 0 radical (unpaired) electrons. The largest absolute Gasteiger partial charge is 0.399 e. The summed E-state index contributed by atoms with van der Waals surface area (Å²) in [4.78, 5) is 12.3. The first kappa shape index (κ1) is 14.3. The third-order valence-electron chi connectivity index (χ3n) is 3.10. The summed E-state index contributed by atoms with van der Waals surface area (Å²) in [7, 11) is 0. The lowest BCUT2D eigenvalue weighted by Crippen LogP contribution is -2.44. The Morgan fingerprint density at radius 2 is 2.00 bits per heavy atom. The van der Waals surface area contributed by atoms with Gasteiger partial charge in [-0.1, -0.05) is 18.2 Å². The van der Waals surface area contributed by atoms with Crippen LogP contribution >= 0.6 is 0 Å². The molecule has 0 saturated carbocycles. The molecule has 0 aliphatic rings. The fraction of sp³-hybridized carbons (Fsp3) is 0.400. The van der Waals surface area contributed by atoms with Crippen molar-refractivity contribution in [1.82, 2.24) is 5.32 Å². The van der Waals surface area contributed by atoms with Crippen LogP contribution in [0.3, 0.4) is 0 Å². The Kier molecular flexibility index (Phi) is 4.54. The van der Waals surface area contributed by atoms with Gasteiger partial charge in [0.2, 0.25) is 5.91 Å². The number of hydrogen-bond acceptors (Lipinski definition) is 2. The zero-order chi connectivity index (χ0) is 13.8. The van der Waals surface area contributed by atoms with Crippen LogP contribution < -0.4 is 11.1 Å². The van der Waals surface area contributed by atoms with E-state index in [1.165, 1.54) is 0 Å². The second-order valence-corrected chi connectivity index (χ2v) is 5.15. The van der Waals surface area contributed by atoms with Gasteiger partial charge < -0.3 is 11.1 Å². The van der Waals surface area contributed by atoms with Gasteiger partial charge in [0.15, 0.2) is 0 Å². The lowest BCUT2D eigenvalue weighted by atomic mass is 9.83. The molecule has 3 nitrogen and oxygen atoms in total. The van der Waals surface area contributed by atoms with E-state index in [-0.39, 0.29) is 11.9 Å². The smallest absolute Gasteiger partial charge is 0.230 e. The molecule has 0 aliphatic carbocycles. The quantitative estimate of drug-likeness (QED) is 0.620. The zero-order valence-corrected chi connectivity index (χ0v) is 11.4. The van der Waals surface area contributed by atoms with Gasteiger partial charge in [-0.05, 0) is 44.9 Å². The van der Waals surface area contributed by atoms with Crippen LogP contribution in [0.1, 0.15) is 32.8 Å². The van der Waals surface area contributed by atoms with Crippen molar-refractivity contribution >= 4 is 11.6 Å². The van der Waals surface area contributed by atoms with E-state index in [2.05, 4.69) is 11.9 Å². The molecule has 1 rings (SSSR count). The predicted octanol–water partition coefficient (Wildman–Crippen LogP) is 2.63. The number of rotatable bonds is 5.